The minimum absolute atomic E-state index is 0.00313. The lowest BCUT2D eigenvalue weighted by Crippen LogP contribution is -2.75. The number of hydrogen-bond donors (Lipinski definition) is 0. The maximum Gasteiger partial charge on any atom is 0.201 e. The highest BCUT2D eigenvalue weighted by Crippen LogP contribution is 2.36. The van der Waals surface area contributed by atoms with Crippen molar-refractivity contribution in [3.8, 4) is 22.9 Å². The van der Waals surface area contributed by atoms with Gasteiger partial charge in [-0.25, -0.2) is 4.98 Å². The van der Waals surface area contributed by atoms with E-state index in [0.29, 0.717) is 5.32 Å². The smallest absolute Gasteiger partial charge is 0.201 e. The first kappa shape index (κ1) is 20.5. The summed E-state index contributed by atoms with van der Waals surface area (Å²) in [5, 5.41) is 2.85. The number of hydrogen-bond acceptors (Lipinski definition) is 2. The summed E-state index contributed by atoms with van der Waals surface area (Å²) < 4.78 is 146. The molecule has 4 nitrogen and oxygen atoms in total. The first-order valence-corrected chi connectivity index (χ1v) is 20.1. The summed E-state index contributed by atoms with van der Waals surface area (Å²) in [4.78, 5) is 10.6. The van der Waals surface area contributed by atoms with E-state index in [2.05, 4.69) is 36.4 Å². The lowest BCUT2D eigenvalue weighted by atomic mass is 10.2. The molecule has 0 amide bonds. The Labute approximate surface area is 354 Å². The molecule has 0 radical (unpaired) electrons. The second-order valence-electron chi connectivity index (χ2n) is 13.4. The Morgan fingerprint density at radius 2 is 0.807 bits per heavy atom. The minimum atomic E-state index is -3.33. The molecule has 4 heterocycles. The van der Waals surface area contributed by atoms with E-state index in [-0.39, 0.29) is 66.5 Å². The summed E-state index contributed by atoms with van der Waals surface area (Å²) in [7, 11) is -3.33. The molecule has 0 bridgehead atoms. The Bertz CT molecular complexity index is 3740. The van der Waals surface area contributed by atoms with Crippen LogP contribution in [-0.4, -0.2) is 27.2 Å². The maximum atomic E-state index is 9.33. The first-order chi connectivity index (χ1) is 34.9. The number of nitrogens with zero attached hydrogens (tertiary/aromatic N) is 4. The third kappa shape index (κ3) is 5.20. The van der Waals surface area contributed by atoms with Gasteiger partial charge in [-0.2, -0.15) is 0 Å². The molecule has 0 aliphatic carbocycles. The van der Waals surface area contributed by atoms with Crippen LogP contribution in [-0.2, 0) is 0 Å². The van der Waals surface area contributed by atoms with Gasteiger partial charge >= 0.3 is 0 Å². The molecule has 5 heteroatoms. The number of rotatable bonds is 7. The van der Waals surface area contributed by atoms with Crippen molar-refractivity contribution in [2.45, 2.75) is 0 Å². The highest BCUT2D eigenvalue weighted by atomic mass is 28.3. The summed E-state index contributed by atoms with van der Waals surface area (Å²) in [6.07, 6.45) is 0. The van der Waals surface area contributed by atoms with Crippen molar-refractivity contribution in [3.05, 3.63) is 218 Å². The summed E-state index contributed by atoms with van der Waals surface area (Å²) >= 11 is 0. The van der Waals surface area contributed by atoms with Crippen LogP contribution in [0.3, 0.4) is 0 Å². The third-order valence-electron chi connectivity index (χ3n) is 10.4. The summed E-state index contributed by atoms with van der Waals surface area (Å²) in [5.74, 6) is -0.191. The fourth-order valence-corrected chi connectivity index (χ4v) is 12.6. The zero-order valence-corrected chi connectivity index (χ0v) is 30.8. The van der Waals surface area contributed by atoms with Crippen LogP contribution in [0.4, 0.5) is 0 Å². The van der Waals surface area contributed by atoms with Gasteiger partial charge in [0.2, 0.25) is 8.07 Å². The number of fused-ring (bicyclic) bond motifs is 6. The molecule has 11 aromatic rings. The summed E-state index contributed by atoms with van der Waals surface area (Å²) in [6.45, 7) is 0. The third-order valence-corrected chi connectivity index (χ3v) is 15.0. The molecule has 268 valence electrons. The van der Waals surface area contributed by atoms with Crippen molar-refractivity contribution in [2.24, 2.45) is 0 Å². The predicted octanol–water partition coefficient (Wildman–Crippen LogP) is 9.72. The van der Waals surface area contributed by atoms with Crippen molar-refractivity contribution in [1.82, 2.24) is 19.1 Å². The van der Waals surface area contributed by atoms with Gasteiger partial charge in [-0.05, 0) is 57.9 Å². The molecule has 11 rings (SSSR count). The van der Waals surface area contributed by atoms with Gasteiger partial charge in [0.25, 0.3) is 0 Å². The fraction of sp³-hybridized carbons (Fsp3) is 0. The van der Waals surface area contributed by atoms with Crippen LogP contribution in [0.25, 0.3) is 66.5 Å². The topological polar surface area (TPSA) is 35.6 Å². The normalized spacial score (nSPS) is 15.8. The predicted molar refractivity (Wildman–Crippen MR) is 240 cm³/mol. The van der Waals surface area contributed by atoms with Crippen LogP contribution >= 0.6 is 0 Å². The summed E-state index contributed by atoms with van der Waals surface area (Å²) in [6, 6.07) is 28.5. The SMILES string of the molecule is [2H]c1c([2H])c([2H])c2c(c1[2H])c1c([2H])c([2H])c([2H])c([2H])c1n2-c1cc(-c2cccc([Si](c3ccccc3)(c3ccccc3)c3ccccc3)n2)nc(-n2c3c([2H])c([2H])c([2H])c([2H])c3c3c([2H])c([2H])c([2H])c([2H])c32)c1. The molecule has 0 fully saturated rings. The molecular weight excluding hydrogens is 709 g/mol. The highest BCUT2D eigenvalue weighted by Gasteiger charge is 2.43. The Balaban J connectivity index is 1.35. The molecule has 4 aromatic heterocycles. The lowest BCUT2D eigenvalue weighted by Gasteiger charge is -2.33. The number of benzene rings is 7. The van der Waals surface area contributed by atoms with Crippen LogP contribution in [0, 0.1) is 0 Å². The number of para-hydroxylation sites is 4. The van der Waals surface area contributed by atoms with Gasteiger partial charge < -0.3 is 4.57 Å². The lowest BCUT2D eigenvalue weighted by molar-refractivity contribution is 1.05. The molecule has 0 saturated carbocycles. The molecule has 57 heavy (non-hydrogen) atoms. The van der Waals surface area contributed by atoms with Crippen LogP contribution in [0.1, 0.15) is 21.9 Å². The molecule has 0 spiro atoms. The second-order valence-corrected chi connectivity index (χ2v) is 17.1. The van der Waals surface area contributed by atoms with Crippen LogP contribution in [0.5, 0.6) is 0 Å². The van der Waals surface area contributed by atoms with Gasteiger partial charge in [0, 0.05) is 32.9 Å². The Morgan fingerprint density at radius 3 is 1.26 bits per heavy atom. The molecule has 0 aliphatic heterocycles. The average molecular weight is 761 g/mol. The van der Waals surface area contributed by atoms with Gasteiger partial charge in [0.05, 0.1) is 61.1 Å². The van der Waals surface area contributed by atoms with Crippen molar-refractivity contribution >= 4 is 72.6 Å². The molecule has 0 saturated heterocycles. The van der Waals surface area contributed by atoms with Crippen LogP contribution in [0.15, 0.2) is 218 Å². The monoisotopic (exact) mass is 760 g/mol. The van der Waals surface area contributed by atoms with Crippen molar-refractivity contribution in [2.75, 3.05) is 0 Å². The van der Waals surface area contributed by atoms with Gasteiger partial charge in [0.15, 0.2) is 0 Å². The van der Waals surface area contributed by atoms with E-state index < -0.39 is 105 Å². The molecule has 0 N–H and O–H groups in total. The van der Waals surface area contributed by atoms with Crippen molar-refractivity contribution < 1.29 is 21.9 Å². The summed E-state index contributed by atoms with van der Waals surface area (Å²) in [5.41, 5.74) is -0.620. The molecule has 0 aliphatic rings. The Morgan fingerprint density at radius 1 is 0.386 bits per heavy atom. The van der Waals surface area contributed by atoms with E-state index in [9.17, 15) is 5.48 Å². The fourth-order valence-electron chi connectivity index (χ4n) is 8.00. The van der Waals surface area contributed by atoms with Crippen molar-refractivity contribution in [3.63, 3.8) is 0 Å². The maximum absolute atomic E-state index is 9.33. The second kappa shape index (κ2) is 13.4. The average Bonchev–Trinajstić information content (AvgIpc) is 3.98. The van der Waals surface area contributed by atoms with Gasteiger partial charge in [-0.3, -0.25) is 9.55 Å². The van der Waals surface area contributed by atoms with E-state index in [1.807, 2.05) is 66.7 Å². The van der Waals surface area contributed by atoms with Crippen LogP contribution in [0.2, 0.25) is 0 Å². The zero-order chi connectivity index (χ0) is 51.7. The highest BCUT2D eigenvalue weighted by molar-refractivity contribution is 7.19. The Hall–Kier alpha value is -7.34. The largest absolute Gasteiger partial charge is 0.309 e. The van der Waals surface area contributed by atoms with E-state index in [1.165, 1.54) is 21.3 Å². The quantitative estimate of drug-likeness (QED) is 0.120. The number of pyridine rings is 2. The van der Waals surface area contributed by atoms with Crippen molar-refractivity contribution in [1.29, 1.82) is 0 Å². The standard InChI is InChI=1S/C52H36N4Si/c1-4-19-38(20-5-1)57(39-21-6-2-7-22-39,40-23-8-3-9-24-40)52-34-18-29-45(54-52)46-35-37(55-47-30-14-10-25-41(47)42-26-11-15-31-48(42)55)36-51(53-46)56-49-32-16-12-27-43(49)44-28-13-17-33-50(44)56/h1-36H/i10D,11D,12D,13D,14D,15D,16D,17D,25D,26D,27D,28D,30D,31D,32D,33D. The minimum Gasteiger partial charge on any atom is -0.309 e. The first-order valence-electron chi connectivity index (χ1n) is 26.1. The Kier molecular flexibility index (Phi) is 4.84. The van der Waals surface area contributed by atoms with Gasteiger partial charge in [-0.1, -0.05) is 170 Å². The van der Waals surface area contributed by atoms with E-state index in [1.54, 1.807) is 6.07 Å². The molecular formula is C52H36N4Si. The molecule has 0 unspecified atom stereocenters. The van der Waals surface area contributed by atoms with E-state index in [4.69, 9.17) is 26.4 Å². The zero-order valence-electron chi connectivity index (χ0n) is 45.8. The van der Waals surface area contributed by atoms with E-state index in [0.717, 1.165) is 15.6 Å². The molecule has 7 aromatic carbocycles. The number of aromatic nitrogens is 4. The van der Waals surface area contributed by atoms with Gasteiger partial charge in [0.1, 0.15) is 5.82 Å². The molecule has 0 atom stereocenters. The van der Waals surface area contributed by atoms with Crippen LogP contribution < -0.4 is 20.9 Å². The van der Waals surface area contributed by atoms with Gasteiger partial charge in [-0.15, -0.1) is 0 Å². The van der Waals surface area contributed by atoms with E-state index >= 15 is 0 Å².